The van der Waals surface area contributed by atoms with Gasteiger partial charge in [0.2, 0.25) is 5.91 Å². The van der Waals surface area contributed by atoms with Gasteiger partial charge in [-0.05, 0) is 25.1 Å². The van der Waals surface area contributed by atoms with Gasteiger partial charge in [0, 0.05) is 36.6 Å². The number of rotatable bonds is 5. The number of hydrogen-bond donors (Lipinski definition) is 1. The molecule has 0 spiro atoms. The van der Waals surface area contributed by atoms with E-state index in [1.165, 1.54) is 0 Å². The third kappa shape index (κ3) is 3.82. The van der Waals surface area contributed by atoms with E-state index in [1.807, 2.05) is 6.07 Å². The molecule has 0 fully saturated rings. The monoisotopic (exact) mass is 338 g/mol. The van der Waals surface area contributed by atoms with Crippen LogP contribution >= 0.6 is 0 Å². The van der Waals surface area contributed by atoms with Gasteiger partial charge < -0.3 is 14.3 Å². The van der Waals surface area contributed by atoms with E-state index in [-0.39, 0.29) is 17.9 Å². The van der Waals surface area contributed by atoms with E-state index < -0.39 is 0 Å². The van der Waals surface area contributed by atoms with Crippen molar-refractivity contribution in [2.75, 3.05) is 7.05 Å². The van der Waals surface area contributed by atoms with Crippen LogP contribution in [-0.4, -0.2) is 32.8 Å². The maximum absolute atomic E-state index is 12.4. The van der Waals surface area contributed by atoms with Crippen molar-refractivity contribution in [1.82, 2.24) is 19.9 Å². The largest absolute Gasteiger partial charge is 0.472 e. The number of nitrogens with zero attached hydrogens (tertiary/aromatic N) is 3. The zero-order valence-electron chi connectivity index (χ0n) is 14.0. The Morgan fingerprint density at radius 2 is 2.16 bits per heavy atom. The van der Waals surface area contributed by atoms with Crippen molar-refractivity contribution >= 4 is 5.91 Å². The summed E-state index contributed by atoms with van der Waals surface area (Å²) in [5.74, 6) is 0.230. The van der Waals surface area contributed by atoms with E-state index in [1.54, 1.807) is 55.8 Å². The van der Waals surface area contributed by atoms with Crippen molar-refractivity contribution < 1.29 is 9.21 Å². The standard InChI is InChI=1S/C18H18N4O3/c1-12-14(9-16(23)22(2)10-13-6-8-25-11-13)18(24)21-17(20-12)15-5-3-4-7-19-15/h3-8,11H,9-10H2,1-2H3,(H,20,21,24). The highest BCUT2D eigenvalue weighted by Gasteiger charge is 2.17. The molecule has 3 heterocycles. The first kappa shape index (κ1) is 16.6. The molecule has 0 aliphatic rings. The van der Waals surface area contributed by atoms with Crippen molar-refractivity contribution in [2.45, 2.75) is 19.9 Å². The summed E-state index contributed by atoms with van der Waals surface area (Å²) in [6.45, 7) is 2.14. The zero-order valence-corrected chi connectivity index (χ0v) is 14.0. The third-order valence-corrected chi connectivity index (χ3v) is 3.88. The number of pyridine rings is 1. The molecule has 0 saturated heterocycles. The molecule has 0 bridgehead atoms. The topological polar surface area (TPSA) is 92.1 Å². The highest BCUT2D eigenvalue weighted by atomic mass is 16.3. The molecule has 1 N–H and O–H groups in total. The van der Waals surface area contributed by atoms with Gasteiger partial charge in [0.15, 0.2) is 5.82 Å². The number of aromatic amines is 1. The molecule has 0 aromatic carbocycles. The molecular formula is C18H18N4O3. The summed E-state index contributed by atoms with van der Waals surface area (Å²) in [6.07, 6.45) is 4.77. The van der Waals surface area contributed by atoms with E-state index in [2.05, 4.69) is 15.0 Å². The Balaban J connectivity index is 1.78. The van der Waals surface area contributed by atoms with E-state index in [0.717, 1.165) is 5.56 Å². The van der Waals surface area contributed by atoms with Crippen molar-refractivity contribution in [3.63, 3.8) is 0 Å². The molecule has 7 heteroatoms. The lowest BCUT2D eigenvalue weighted by Gasteiger charge is -2.16. The molecular weight excluding hydrogens is 320 g/mol. The molecule has 1 amide bonds. The zero-order chi connectivity index (χ0) is 17.8. The van der Waals surface area contributed by atoms with E-state index in [0.29, 0.717) is 29.3 Å². The predicted molar refractivity (Wildman–Crippen MR) is 91.7 cm³/mol. The first-order valence-corrected chi connectivity index (χ1v) is 7.81. The second-order valence-corrected chi connectivity index (χ2v) is 5.75. The summed E-state index contributed by atoms with van der Waals surface area (Å²) in [5, 5.41) is 0. The summed E-state index contributed by atoms with van der Waals surface area (Å²) in [4.78, 5) is 37.6. The van der Waals surface area contributed by atoms with Crippen LogP contribution in [0.5, 0.6) is 0 Å². The fourth-order valence-electron chi connectivity index (χ4n) is 2.47. The predicted octanol–water partition coefficient (Wildman–Crippen LogP) is 1.93. The Labute approximate surface area is 144 Å². The van der Waals surface area contributed by atoms with Gasteiger partial charge in [-0.15, -0.1) is 0 Å². The lowest BCUT2D eigenvalue weighted by atomic mass is 10.1. The van der Waals surface area contributed by atoms with Gasteiger partial charge in [0.05, 0.1) is 18.9 Å². The summed E-state index contributed by atoms with van der Waals surface area (Å²) in [6, 6.07) is 7.17. The maximum Gasteiger partial charge on any atom is 0.255 e. The number of amides is 1. The number of hydrogen-bond acceptors (Lipinski definition) is 5. The molecule has 3 aromatic heterocycles. The third-order valence-electron chi connectivity index (χ3n) is 3.88. The number of carbonyl (C=O) groups is 1. The summed E-state index contributed by atoms with van der Waals surface area (Å²) in [7, 11) is 1.69. The van der Waals surface area contributed by atoms with Gasteiger partial charge >= 0.3 is 0 Å². The van der Waals surface area contributed by atoms with Crippen molar-refractivity contribution in [1.29, 1.82) is 0 Å². The van der Waals surface area contributed by atoms with Crippen molar-refractivity contribution in [3.05, 3.63) is 70.2 Å². The molecule has 0 unspecified atom stereocenters. The average molecular weight is 338 g/mol. The van der Waals surface area contributed by atoms with Crippen LogP contribution in [0, 0.1) is 6.92 Å². The van der Waals surface area contributed by atoms with Crippen LogP contribution in [0.15, 0.2) is 52.2 Å². The fraction of sp³-hybridized carbons (Fsp3) is 0.222. The first-order chi connectivity index (χ1) is 12.0. The van der Waals surface area contributed by atoms with Gasteiger partial charge in [0.1, 0.15) is 5.69 Å². The second kappa shape index (κ2) is 7.12. The smallest absolute Gasteiger partial charge is 0.255 e. The number of aryl methyl sites for hydroxylation is 1. The molecule has 7 nitrogen and oxygen atoms in total. The molecule has 0 saturated carbocycles. The van der Waals surface area contributed by atoms with Gasteiger partial charge in [0.25, 0.3) is 5.56 Å². The number of H-pyrrole nitrogens is 1. The van der Waals surface area contributed by atoms with E-state index in [9.17, 15) is 9.59 Å². The van der Waals surface area contributed by atoms with Gasteiger partial charge in [-0.1, -0.05) is 6.07 Å². The van der Waals surface area contributed by atoms with Crippen LogP contribution in [0.1, 0.15) is 16.8 Å². The number of furan rings is 1. The molecule has 0 aliphatic carbocycles. The molecule has 25 heavy (non-hydrogen) atoms. The highest BCUT2D eigenvalue weighted by Crippen LogP contribution is 2.12. The fourth-order valence-corrected chi connectivity index (χ4v) is 2.47. The lowest BCUT2D eigenvalue weighted by Crippen LogP contribution is -2.30. The van der Waals surface area contributed by atoms with Gasteiger partial charge in [-0.2, -0.15) is 0 Å². The van der Waals surface area contributed by atoms with Crippen LogP contribution in [0.25, 0.3) is 11.5 Å². The molecule has 3 rings (SSSR count). The minimum Gasteiger partial charge on any atom is -0.472 e. The first-order valence-electron chi connectivity index (χ1n) is 7.81. The number of carbonyl (C=O) groups excluding carboxylic acids is 1. The minimum absolute atomic E-state index is 0.00891. The Morgan fingerprint density at radius 1 is 1.32 bits per heavy atom. The maximum atomic E-state index is 12.4. The normalized spacial score (nSPS) is 10.6. The van der Waals surface area contributed by atoms with E-state index >= 15 is 0 Å². The lowest BCUT2D eigenvalue weighted by molar-refractivity contribution is -0.129. The van der Waals surface area contributed by atoms with Gasteiger partial charge in [-0.3, -0.25) is 14.6 Å². The van der Waals surface area contributed by atoms with Crippen molar-refractivity contribution in [3.8, 4) is 11.5 Å². The number of aromatic nitrogens is 3. The molecule has 0 atom stereocenters. The Hall–Kier alpha value is -3.22. The summed E-state index contributed by atoms with van der Waals surface area (Å²) < 4.78 is 5.00. The van der Waals surface area contributed by atoms with E-state index in [4.69, 9.17) is 4.42 Å². The van der Waals surface area contributed by atoms with Crippen LogP contribution in [0.3, 0.4) is 0 Å². The Morgan fingerprint density at radius 3 is 2.80 bits per heavy atom. The Bertz CT molecular complexity index is 917. The van der Waals surface area contributed by atoms with Crippen LogP contribution in [0.4, 0.5) is 0 Å². The number of nitrogens with one attached hydrogen (secondary N) is 1. The van der Waals surface area contributed by atoms with Crippen molar-refractivity contribution in [2.24, 2.45) is 0 Å². The van der Waals surface area contributed by atoms with Crippen LogP contribution in [0.2, 0.25) is 0 Å². The SMILES string of the molecule is Cc1nc(-c2ccccn2)[nH]c(=O)c1CC(=O)N(C)Cc1ccoc1. The summed E-state index contributed by atoms with van der Waals surface area (Å²) >= 11 is 0. The minimum atomic E-state index is -0.321. The quantitative estimate of drug-likeness (QED) is 0.767. The molecule has 0 radical (unpaired) electrons. The second-order valence-electron chi connectivity index (χ2n) is 5.75. The molecule has 128 valence electrons. The summed E-state index contributed by atoms with van der Waals surface area (Å²) in [5.41, 5.74) is 2.04. The molecule has 3 aromatic rings. The van der Waals surface area contributed by atoms with Crippen LogP contribution < -0.4 is 5.56 Å². The molecule has 0 aliphatic heterocycles. The van der Waals surface area contributed by atoms with Gasteiger partial charge in [-0.25, -0.2) is 4.98 Å². The van der Waals surface area contributed by atoms with Crippen LogP contribution in [-0.2, 0) is 17.8 Å². The average Bonchev–Trinajstić information content (AvgIpc) is 3.11. The number of likely N-dealkylation sites (N-methyl/N-ethyl adjacent to an activating group) is 1. The Kier molecular flexibility index (Phi) is 4.74. The highest BCUT2D eigenvalue weighted by molar-refractivity contribution is 5.78.